The Kier molecular flexibility index (Phi) is 5.56. The predicted molar refractivity (Wildman–Crippen MR) is 83.0 cm³/mol. The van der Waals surface area contributed by atoms with E-state index in [-0.39, 0.29) is 19.1 Å². The second-order valence-electron chi connectivity index (χ2n) is 5.48. The van der Waals surface area contributed by atoms with Gasteiger partial charge in [0.05, 0.1) is 12.1 Å². The molecule has 5 nitrogen and oxygen atoms in total. The molecule has 116 valence electrons. The fourth-order valence-corrected chi connectivity index (χ4v) is 2.64. The highest BCUT2D eigenvalue weighted by Gasteiger charge is 2.33. The number of carbonyl (C=O) groups excluding carboxylic acids is 1. The molecule has 5 heteroatoms. The summed E-state index contributed by atoms with van der Waals surface area (Å²) in [5.41, 5.74) is 0.417. The molecule has 1 amide bonds. The van der Waals surface area contributed by atoms with Gasteiger partial charge in [-0.1, -0.05) is 25.0 Å². The number of amides is 1. The molecule has 0 bridgehead atoms. The lowest BCUT2D eigenvalue weighted by molar-refractivity contribution is -0.118. The molecule has 0 atom stereocenters. The Hall–Kier alpha value is -2.32. The van der Waals surface area contributed by atoms with E-state index in [9.17, 15) is 9.90 Å². The molecule has 1 saturated carbocycles. The van der Waals surface area contributed by atoms with Crippen molar-refractivity contribution in [2.24, 2.45) is 0 Å². The first-order valence-corrected chi connectivity index (χ1v) is 7.38. The number of ether oxygens (including phenoxy) is 1. The summed E-state index contributed by atoms with van der Waals surface area (Å²) in [5.74, 6) is 0.425. The number of rotatable bonds is 6. The Morgan fingerprint density at radius 2 is 2.05 bits per heavy atom. The van der Waals surface area contributed by atoms with Crippen molar-refractivity contribution >= 4 is 12.0 Å². The molecular weight excluding hydrogens is 280 g/mol. The molecule has 1 aromatic rings. The Morgan fingerprint density at radius 1 is 1.36 bits per heavy atom. The second-order valence-corrected chi connectivity index (χ2v) is 5.48. The summed E-state index contributed by atoms with van der Waals surface area (Å²) in [6, 6.07) is 9.03. The quantitative estimate of drug-likeness (QED) is 0.787. The molecule has 1 fully saturated rings. The minimum absolute atomic E-state index is 0.0147. The maximum atomic E-state index is 12.0. The smallest absolute Gasteiger partial charge is 0.244 e. The number of aliphatic hydroxyl groups excluding tert-OH is 1. The van der Waals surface area contributed by atoms with Gasteiger partial charge in [0.2, 0.25) is 5.91 Å². The number of benzene rings is 1. The van der Waals surface area contributed by atoms with E-state index in [1.807, 2.05) is 18.2 Å². The molecule has 0 aliphatic heterocycles. The molecule has 2 N–H and O–H groups in total. The van der Waals surface area contributed by atoms with E-state index in [2.05, 4.69) is 5.32 Å². The SMILES string of the molecule is N#CCOc1ccc(/C=C/C(=O)NC2(CO)CCCC2)cc1. The molecule has 1 aliphatic carbocycles. The van der Waals surface area contributed by atoms with Crippen molar-refractivity contribution in [2.75, 3.05) is 13.2 Å². The van der Waals surface area contributed by atoms with E-state index in [0.717, 1.165) is 31.2 Å². The van der Waals surface area contributed by atoms with Crippen LogP contribution >= 0.6 is 0 Å². The van der Waals surface area contributed by atoms with Gasteiger partial charge in [0.25, 0.3) is 0 Å². The van der Waals surface area contributed by atoms with E-state index >= 15 is 0 Å². The van der Waals surface area contributed by atoms with Crippen LogP contribution in [0.2, 0.25) is 0 Å². The van der Waals surface area contributed by atoms with Gasteiger partial charge in [-0.15, -0.1) is 0 Å². The Labute approximate surface area is 130 Å². The third-order valence-electron chi connectivity index (χ3n) is 3.86. The zero-order chi connectivity index (χ0) is 15.8. The van der Waals surface area contributed by atoms with Crippen molar-refractivity contribution in [3.63, 3.8) is 0 Å². The molecule has 0 aromatic heterocycles. The van der Waals surface area contributed by atoms with Crippen molar-refractivity contribution < 1.29 is 14.6 Å². The first-order valence-electron chi connectivity index (χ1n) is 7.38. The molecule has 0 unspecified atom stereocenters. The molecule has 22 heavy (non-hydrogen) atoms. The van der Waals surface area contributed by atoms with Gasteiger partial charge in [-0.3, -0.25) is 4.79 Å². The minimum Gasteiger partial charge on any atom is -0.479 e. The van der Waals surface area contributed by atoms with E-state index < -0.39 is 5.54 Å². The Morgan fingerprint density at radius 3 is 2.64 bits per heavy atom. The van der Waals surface area contributed by atoms with Gasteiger partial charge in [-0.05, 0) is 36.6 Å². The van der Waals surface area contributed by atoms with Gasteiger partial charge in [-0.2, -0.15) is 5.26 Å². The summed E-state index contributed by atoms with van der Waals surface area (Å²) in [6.45, 7) is -0.00164. The van der Waals surface area contributed by atoms with Crippen LogP contribution in [0.4, 0.5) is 0 Å². The Balaban J connectivity index is 1.90. The summed E-state index contributed by atoms with van der Waals surface area (Å²) in [6.07, 6.45) is 6.91. The molecule has 2 rings (SSSR count). The number of carbonyl (C=O) groups is 1. The highest BCUT2D eigenvalue weighted by molar-refractivity contribution is 5.92. The number of nitrogens with zero attached hydrogens (tertiary/aromatic N) is 1. The van der Waals surface area contributed by atoms with Crippen LogP contribution in [0.25, 0.3) is 6.08 Å². The van der Waals surface area contributed by atoms with E-state index in [0.29, 0.717) is 5.75 Å². The lowest BCUT2D eigenvalue weighted by Crippen LogP contribution is -2.48. The van der Waals surface area contributed by atoms with Crippen LogP contribution in [0, 0.1) is 11.3 Å². The van der Waals surface area contributed by atoms with E-state index in [4.69, 9.17) is 10.00 Å². The summed E-state index contributed by atoms with van der Waals surface area (Å²) in [5, 5.41) is 20.8. The number of hydrogen-bond donors (Lipinski definition) is 2. The van der Waals surface area contributed by atoms with E-state index in [1.54, 1.807) is 18.2 Å². The lowest BCUT2D eigenvalue weighted by atomic mass is 9.99. The van der Waals surface area contributed by atoms with Crippen molar-refractivity contribution in [3.8, 4) is 11.8 Å². The number of nitrogens with one attached hydrogen (secondary N) is 1. The van der Waals surface area contributed by atoms with Crippen LogP contribution in [-0.4, -0.2) is 29.8 Å². The van der Waals surface area contributed by atoms with Crippen molar-refractivity contribution in [1.82, 2.24) is 5.32 Å². The van der Waals surface area contributed by atoms with Crippen molar-refractivity contribution in [3.05, 3.63) is 35.9 Å². The average Bonchev–Trinajstić information content (AvgIpc) is 3.01. The maximum Gasteiger partial charge on any atom is 0.244 e. The first-order chi connectivity index (χ1) is 10.7. The van der Waals surface area contributed by atoms with Gasteiger partial charge in [0.1, 0.15) is 11.8 Å². The highest BCUT2D eigenvalue weighted by Crippen LogP contribution is 2.29. The van der Waals surface area contributed by atoms with Gasteiger partial charge >= 0.3 is 0 Å². The van der Waals surface area contributed by atoms with Gasteiger partial charge in [0, 0.05) is 6.08 Å². The summed E-state index contributed by atoms with van der Waals surface area (Å²) in [4.78, 5) is 12.0. The lowest BCUT2D eigenvalue weighted by Gasteiger charge is -2.27. The second kappa shape index (κ2) is 7.62. The van der Waals surface area contributed by atoms with Crippen LogP contribution in [-0.2, 0) is 4.79 Å². The largest absolute Gasteiger partial charge is 0.479 e. The van der Waals surface area contributed by atoms with Gasteiger partial charge in [0.15, 0.2) is 6.61 Å². The molecule has 0 radical (unpaired) electrons. The van der Waals surface area contributed by atoms with Crippen molar-refractivity contribution in [2.45, 2.75) is 31.2 Å². The zero-order valence-electron chi connectivity index (χ0n) is 12.4. The first kappa shape index (κ1) is 16.1. The summed E-state index contributed by atoms with van der Waals surface area (Å²) >= 11 is 0. The minimum atomic E-state index is -0.448. The van der Waals surface area contributed by atoms with Crippen LogP contribution in [0.15, 0.2) is 30.3 Å². The average molecular weight is 300 g/mol. The normalized spacial score (nSPS) is 16.4. The third-order valence-corrected chi connectivity index (χ3v) is 3.86. The molecule has 0 heterocycles. The molecule has 1 aliphatic rings. The van der Waals surface area contributed by atoms with Crippen LogP contribution in [0.1, 0.15) is 31.2 Å². The molecule has 0 spiro atoms. The van der Waals surface area contributed by atoms with Crippen LogP contribution in [0.5, 0.6) is 5.75 Å². The molecule has 1 aromatic carbocycles. The Bertz CT molecular complexity index is 567. The van der Waals surface area contributed by atoms with Crippen LogP contribution < -0.4 is 10.1 Å². The topological polar surface area (TPSA) is 82.3 Å². The zero-order valence-corrected chi connectivity index (χ0v) is 12.4. The monoisotopic (exact) mass is 300 g/mol. The highest BCUT2D eigenvalue weighted by atomic mass is 16.5. The molecular formula is C17H20N2O3. The standard InChI is InChI=1S/C17H20N2O3/c18-11-12-22-15-6-3-14(4-7-15)5-8-16(21)19-17(13-20)9-1-2-10-17/h3-8,20H,1-2,9-10,12-13H2,(H,19,21)/b8-5+. The number of nitriles is 1. The fourth-order valence-electron chi connectivity index (χ4n) is 2.64. The van der Waals surface area contributed by atoms with Gasteiger partial charge < -0.3 is 15.2 Å². The van der Waals surface area contributed by atoms with Crippen LogP contribution in [0.3, 0.4) is 0 Å². The van der Waals surface area contributed by atoms with Crippen molar-refractivity contribution in [1.29, 1.82) is 5.26 Å². The summed E-state index contributed by atoms with van der Waals surface area (Å²) < 4.78 is 5.16. The number of hydrogen-bond acceptors (Lipinski definition) is 4. The molecule has 0 saturated heterocycles. The van der Waals surface area contributed by atoms with Gasteiger partial charge in [-0.25, -0.2) is 0 Å². The summed E-state index contributed by atoms with van der Waals surface area (Å²) in [7, 11) is 0. The predicted octanol–water partition coefficient (Wildman–Crippen LogP) is 2.02. The maximum absolute atomic E-state index is 12.0. The fraction of sp³-hybridized carbons (Fsp3) is 0.412. The van der Waals surface area contributed by atoms with E-state index in [1.165, 1.54) is 6.08 Å². The number of aliphatic hydroxyl groups is 1. The third kappa shape index (κ3) is 4.34.